The monoisotopic (exact) mass is 196 g/mol. The van der Waals surface area contributed by atoms with Gasteiger partial charge in [-0.25, -0.2) is 0 Å². The minimum atomic E-state index is -0.00484. The van der Waals surface area contributed by atoms with Gasteiger partial charge in [0.15, 0.2) is 0 Å². The summed E-state index contributed by atoms with van der Waals surface area (Å²) in [7, 11) is 2.11. The Morgan fingerprint density at radius 1 is 1.64 bits per heavy atom. The van der Waals surface area contributed by atoms with Gasteiger partial charge in [0.1, 0.15) is 6.61 Å². The van der Waals surface area contributed by atoms with Gasteiger partial charge < -0.3 is 15.0 Å². The van der Waals surface area contributed by atoms with E-state index in [1.54, 1.807) is 0 Å². The topological polar surface area (TPSA) is 41.6 Å². The number of amides is 1. The van der Waals surface area contributed by atoms with Crippen LogP contribution in [0.1, 0.15) is 6.42 Å². The third kappa shape index (κ3) is 2.13. The van der Waals surface area contributed by atoms with Gasteiger partial charge in [-0.05, 0) is 19.0 Å². The van der Waals surface area contributed by atoms with Crippen LogP contribution in [-0.4, -0.2) is 50.2 Å². The lowest BCUT2D eigenvalue weighted by Gasteiger charge is -2.30. The van der Waals surface area contributed by atoms with Gasteiger partial charge >= 0.3 is 0 Å². The highest BCUT2D eigenvalue weighted by molar-refractivity contribution is 5.77. The highest BCUT2D eigenvalue weighted by Gasteiger charge is 2.23. The molecular formula is C10H16N2O2. The quantitative estimate of drug-likeness (QED) is 0.589. The zero-order chi connectivity index (χ0) is 9.97. The fourth-order valence-corrected chi connectivity index (χ4v) is 1.81. The zero-order valence-corrected chi connectivity index (χ0v) is 8.45. The highest BCUT2D eigenvalue weighted by Crippen LogP contribution is 2.17. The van der Waals surface area contributed by atoms with Crippen molar-refractivity contribution in [1.29, 1.82) is 0 Å². The fourth-order valence-electron chi connectivity index (χ4n) is 1.81. The first-order valence-corrected chi connectivity index (χ1v) is 5.01. The van der Waals surface area contributed by atoms with Gasteiger partial charge in [0.25, 0.3) is 0 Å². The summed E-state index contributed by atoms with van der Waals surface area (Å²) in [6.07, 6.45) is 3.38. The fraction of sp³-hybridized carbons (Fsp3) is 0.700. The maximum Gasteiger partial charge on any atom is 0.246 e. The lowest BCUT2D eigenvalue weighted by Crippen LogP contribution is -2.44. The number of nitrogens with zero attached hydrogens (tertiary/aromatic N) is 1. The molecule has 14 heavy (non-hydrogen) atoms. The maximum atomic E-state index is 10.9. The second-order valence-corrected chi connectivity index (χ2v) is 3.90. The van der Waals surface area contributed by atoms with Crippen molar-refractivity contribution in [1.82, 2.24) is 10.2 Å². The van der Waals surface area contributed by atoms with Crippen LogP contribution >= 0.6 is 0 Å². The Hall–Kier alpha value is -0.870. The Morgan fingerprint density at radius 3 is 3.07 bits per heavy atom. The van der Waals surface area contributed by atoms with E-state index < -0.39 is 0 Å². The Balaban J connectivity index is 1.92. The molecular weight excluding hydrogens is 180 g/mol. The number of likely N-dealkylation sites (N-methyl/N-ethyl adjacent to an activating group) is 1. The minimum absolute atomic E-state index is 0.00484. The number of carbonyl (C=O) groups excluding carboxylic acids is 1. The van der Waals surface area contributed by atoms with Crippen LogP contribution in [0.4, 0.5) is 0 Å². The molecule has 0 aromatic carbocycles. The van der Waals surface area contributed by atoms with Crippen LogP contribution in [0.5, 0.6) is 0 Å². The standard InChI is InChI=1S/C10H16N2O2/c1-12-4-2-8(3-5-12)9-6-11-10(13)7-14-9/h2,9H,3-7H2,1H3,(H,11,13)/t9-/m1/s1. The second-order valence-electron chi connectivity index (χ2n) is 3.90. The second kappa shape index (κ2) is 4.11. The molecule has 4 nitrogen and oxygen atoms in total. The molecule has 1 N–H and O–H groups in total. The molecule has 2 aliphatic heterocycles. The van der Waals surface area contributed by atoms with E-state index >= 15 is 0 Å². The van der Waals surface area contributed by atoms with Gasteiger partial charge in [-0.3, -0.25) is 4.79 Å². The lowest BCUT2D eigenvalue weighted by molar-refractivity contribution is -0.131. The third-order valence-electron chi connectivity index (χ3n) is 2.76. The predicted molar refractivity (Wildman–Crippen MR) is 52.9 cm³/mol. The van der Waals surface area contributed by atoms with Gasteiger partial charge in [0, 0.05) is 19.6 Å². The van der Waals surface area contributed by atoms with Crippen molar-refractivity contribution in [2.75, 3.05) is 33.3 Å². The molecule has 1 atom stereocenters. The molecule has 4 heteroatoms. The summed E-state index contributed by atoms with van der Waals surface area (Å²) in [4.78, 5) is 13.1. The third-order valence-corrected chi connectivity index (χ3v) is 2.76. The summed E-state index contributed by atoms with van der Waals surface area (Å²) in [5.41, 5.74) is 1.34. The first-order valence-electron chi connectivity index (χ1n) is 5.01. The van der Waals surface area contributed by atoms with Gasteiger partial charge in [0.05, 0.1) is 6.10 Å². The normalized spacial score (nSPS) is 29.6. The first-order chi connectivity index (χ1) is 6.75. The van der Waals surface area contributed by atoms with E-state index in [9.17, 15) is 4.79 Å². The zero-order valence-electron chi connectivity index (χ0n) is 8.45. The van der Waals surface area contributed by atoms with Crippen molar-refractivity contribution in [2.45, 2.75) is 12.5 Å². The number of carbonyl (C=O) groups is 1. The summed E-state index contributed by atoms with van der Waals surface area (Å²) in [5, 5.41) is 2.82. The van der Waals surface area contributed by atoms with Crippen LogP contribution in [0.25, 0.3) is 0 Å². The molecule has 0 bridgehead atoms. The molecule has 1 amide bonds. The van der Waals surface area contributed by atoms with Crippen molar-refractivity contribution in [3.8, 4) is 0 Å². The van der Waals surface area contributed by atoms with E-state index in [4.69, 9.17) is 4.74 Å². The Kier molecular flexibility index (Phi) is 2.84. The molecule has 0 radical (unpaired) electrons. The molecule has 0 aliphatic carbocycles. The van der Waals surface area contributed by atoms with E-state index in [-0.39, 0.29) is 18.6 Å². The summed E-state index contributed by atoms with van der Waals surface area (Å²) in [5.74, 6) is -0.00484. The molecule has 1 fully saturated rings. The average Bonchev–Trinajstić information content (AvgIpc) is 2.21. The molecule has 1 saturated heterocycles. The summed E-state index contributed by atoms with van der Waals surface area (Å²) in [6.45, 7) is 2.91. The average molecular weight is 196 g/mol. The van der Waals surface area contributed by atoms with E-state index in [1.807, 2.05) is 0 Å². The van der Waals surface area contributed by atoms with Crippen LogP contribution < -0.4 is 5.32 Å². The molecule has 2 rings (SSSR count). The minimum Gasteiger partial charge on any atom is -0.362 e. The van der Waals surface area contributed by atoms with Crippen LogP contribution in [0.15, 0.2) is 11.6 Å². The SMILES string of the molecule is CN1CC=C([C@H]2CNC(=O)CO2)CC1. The number of morpholine rings is 1. The molecule has 0 saturated carbocycles. The summed E-state index contributed by atoms with van der Waals surface area (Å²) in [6, 6.07) is 0. The smallest absolute Gasteiger partial charge is 0.246 e. The van der Waals surface area contributed by atoms with Crippen molar-refractivity contribution < 1.29 is 9.53 Å². The Morgan fingerprint density at radius 2 is 2.50 bits per heavy atom. The molecule has 0 unspecified atom stereocenters. The van der Waals surface area contributed by atoms with Crippen molar-refractivity contribution in [2.24, 2.45) is 0 Å². The maximum absolute atomic E-state index is 10.9. The van der Waals surface area contributed by atoms with Crippen LogP contribution in [0, 0.1) is 0 Å². The van der Waals surface area contributed by atoms with Crippen LogP contribution in [-0.2, 0) is 9.53 Å². The van der Waals surface area contributed by atoms with Gasteiger partial charge in [-0.15, -0.1) is 0 Å². The Labute approximate surface area is 83.9 Å². The molecule has 2 heterocycles. The van der Waals surface area contributed by atoms with Crippen LogP contribution in [0.2, 0.25) is 0 Å². The van der Waals surface area contributed by atoms with E-state index in [0.29, 0.717) is 6.54 Å². The van der Waals surface area contributed by atoms with Crippen molar-refractivity contribution >= 4 is 5.91 Å². The molecule has 0 spiro atoms. The van der Waals surface area contributed by atoms with Crippen molar-refractivity contribution in [3.05, 3.63) is 11.6 Å². The Bertz CT molecular complexity index is 253. The van der Waals surface area contributed by atoms with Crippen LogP contribution in [0.3, 0.4) is 0 Å². The highest BCUT2D eigenvalue weighted by atomic mass is 16.5. The number of nitrogens with one attached hydrogen (secondary N) is 1. The predicted octanol–water partition coefficient (Wildman–Crippen LogP) is -0.237. The first kappa shape index (κ1) is 9.68. The number of hydrogen-bond donors (Lipinski definition) is 1. The van der Waals surface area contributed by atoms with E-state index in [1.165, 1.54) is 5.57 Å². The molecule has 0 aromatic heterocycles. The number of ether oxygens (including phenoxy) is 1. The number of hydrogen-bond acceptors (Lipinski definition) is 3. The van der Waals surface area contributed by atoms with Gasteiger partial charge in [-0.1, -0.05) is 6.08 Å². The molecule has 78 valence electrons. The lowest BCUT2D eigenvalue weighted by atomic mass is 10.0. The van der Waals surface area contributed by atoms with Gasteiger partial charge in [0.2, 0.25) is 5.91 Å². The van der Waals surface area contributed by atoms with E-state index in [2.05, 4.69) is 23.3 Å². The summed E-state index contributed by atoms with van der Waals surface area (Å²) >= 11 is 0. The number of rotatable bonds is 1. The molecule has 0 aromatic rings. The van der Waals surface area contributed by atoms with Gasteiger partial charge in [-0.2, -0.15) is 0 Å². The van der Waals surface area contributed by atoms with E-state index in [0.717, 1.165) is 19.5 Å². The summed E-state index contributed by atoms with van der Waals surface area (Å²) < 4.78 is 5.47. The van der Waals surface area contributed by atoms with Crippen molar-refractivity contribution in [3.63, 3.8) is 0 Å². The largest absolute Gasteiger partial charge is 0.362 e. The molecule has 2 aliphatic rings.